The SMILES string of the molecule is Cc1nn(CCO)c(C)c1CN1CCC2(CCCC2)C1. The normalized spacial score (nSPS) is 22.1. The van der Waals surface area contributed by atoms with Crippen LogP contribution in [0.3, 0.4) is 0 Å². The van der Waals surface area contributed by atoms with Crippen LogP contribution in [-0.4, -0.2) is 39.5 Å². The predicted molar refractivity (Wildman–Crippen MR) is 79.6 cm³/mol. The Balaban J connectivity index is 1.69. The number of hydrogen-bond acceptors (Lipinski definition) is 3. The molecule has 1 spiro atoms. The molecule has 1 saturated carbocycles. The molecule has 3 rings (SSSR count). The smallest absolute Gasteiger partial charge is 0.0644 e. The minimum Gasteiger partial charge on any atom is -0.394 e. The fourth-order valence-electron chi connectivity index (χ4n) is 4.19. The summed E-state index contributed by atoms with van der Waals surface area (Å²) in [7, 11) is 0. The molecular formula is C16H27N3O. The quantitative estimate of drug-likeness (QED) is 0.918. The van der Waals surface area contributed by atoms with E-state index in [1.807, 2.05) is 4.68 Å². The van der Waals surface area contributed by atoms with Gasteiger partial charge in [0.15, 0.2) is 0 Å². The van der Waals surface area contributed by atoms with Crippen molar-refractivity contribution >= 4 is 0 Å². The van der Waals surface area contributed by atoms with Gasteiger partial charge in [-0.15, -0.1) is 0 Å². The topological polar surface area (TPSA) is 41.3 Å². The van der Waals surface area contributed by atoms with E-state index in [0.717, 1.165) is 12.2 Å². The summed E-state index contributed by atoms with van der Waals surface area (Å²) >= 11 is 0. The van der Waals surface area contributed by atoms with E-state index in [4.69, 9.17) is 5.11 Å². The Hall–Kier alpha value is -0.870. The summed E-state index contributed by atoms with van der Waals surface area (Å²) in [6, 6.07) is 0. The lowest BCUT2D eigenvalue weighted by atomic mass is 9.86. The Morgan fingerprint density at radius 2 is 1.95 bits per heavy atom. The molecule has 0 bridgehead atoms. The number of aryl methyl sites for hydroxylation is 1. The molecule has 0 amide bonds. The molecule has 2 fully saturated rings. The zero-order valence-corrected chi connectivity index (χ0v) is 12.9. The van der Waals surface area contributed by atoms with Gasteiger partial charge in [0.05, 0.1) is 18.8 Å². The number of rotatable bonds is 4. The maximum atomic E-state index is 9.10. The van der Waals surface area contributed by atoms with E-state index in [-0.39, 0.29) is 6.61 Å². The summed E-state index contributed by atoms with van der Waals surface area (Å²) in [6.07, 6.45) is 7.12. The highest BCUT2D eigenvalue weighted by atomic mass is 16.3. The van der Waals surface area contributed by atoms with E-state index in [2.05, 4.69) is 23.8 Å². The molecule has 2 heterocycles. The fraction of sp³-hybridized carbons (Fsp3) is 0.812. The first-order valence-corrected chi connectivity index (χ1v) is 8.00. The molecule has 0 unspecified atom stereocenters. The molecule has 4 nitrogen and oxygen atoms in total. The van der Waals surface area contributed by atoms with Crippen molar-refractivity contribution in [1.29, 1.82) is 0 Å². The highest BCUT2D eigenvalue weighted by Crippen LogP contribution is 2.45. The standard InChI is InChI=1S/C16H27N3O/c1-13-15(14(2)19(17-13)9-10-20)11-18-8-7-16(12-18)5-3-4-6-16/h20H,3-12H2,1-2H3. The molecule has 20 heavy (non-hydrogen) atoms. The predicted octanol–water partition coefficient (Wildman–Crippen LogP) is 2.26. The highest BCUT2D eigenvalue weighted by Gasteiger charge is 2.40. The van der Waals surface area contributed by atoms with Gasteiger partial charge in [-0.2, -0.15) is 5.10 Å². The summed E-state index contributed by atoms with van der Waals surface area (Å²) < 4.78 is 1.95. The molecule has 1 aliphatic carbocycles. The monoisotopic (exact) mass is 277 g/mol. The van der Waals surface area contributed by atoms with Gasteiger partial charge in [0.1, 0.15) is 0 Å². The largest absolute Gasteiger partial charge is 0.394 e. The molecule has 1 aromatic rings. The number of likely N-dealkylation sites (tertiary alicyclic amines) is 1. The van der Waals surface area contributed by atoms with Gasteiger partial charge in [0, 0.05) is 24.3 Å². The Kier molecular flexibility index (Phi) is 3.87. The number of aliphatic hydroxyl groups is 1. The number of aromatic nitrogens is 2. The third-order valence-corrected chi connectivity index (χ3v) is 5.41. The van der Waals surface area contributed by atoms with E-state index in [9.17, 15) is 0 Å². The third-order valence-electron chi connectivity index (χ3n) is 5.41. The number of aliphatic hydroxyl groups excluding tert-OH is 1. The molecular weight excluding hydrogens is 250 g/mol. The Morgan fingerprint density at radius 3 is 2.65 bits per heavy atom. The zero-order chi connectivity index (χ0) is 14.2. The molecule has 2 aliphatic rings. The molecule has 1 aliphatic heterocycles. The van der Waals surface area contributed by atoms with Gasteiger partial charge in [-0.05, 0) is 45.1 Å². The van der Waals surface area contributed by atoms with Crippen LogP contribution in [0.5, 0.6) is 0 Å². The van der Waals surface area contributed by atoms with Gasteiger partial charge in [0.25, 0.3) is 0 Å². The summed E-state index contributed by atoms with van der Waals surface area (Å²) in [4.78, 5) is 2.62. The van der Waals surface area contributed by atoms with Gasteiger partial charge in [-0.3, -0.25) is 9.58 Å². The second kappa shape index (κ2) is 5.49. The lowest BCUT2D eigenvalue weighted by Crippen LogP contribution is -2.25. The van der Waals surface area contributed by atoms with Crippen molar-refractivity contribution in [3.63, 3.8) is 0 Å². The second-order valence-electron chi connectivity index (χ2n) is 6.76. The van der Waals surface area contributed by atoms with Gasteiger partial charge in [-0.25, -0.2) is 0 Å². The summed E-state index contributed by atoms with van der Waals surface area (Å²) in [5.74, 6) is 0. The van der Waals surface area contributed by atoms with Crippen LogP contribution < -0.4 is 0 Å². The lowest BCUT2D eigenvalue weighted by Gasteiger charge is -2.23. The molecule has 0 radical (unpaired) electrons. The van der Waals surface area contributed by atoms with Crippen LogP contribution in [0.2, 0.25) is 0 Å². The van der Waals surface area contributed by atoms with E-state index in [1.54, 1.807) is 0 Å². The summed E-state index contributed by atoms with van der Waals surface area (Å²) in [5, 5.41) is 13.7. The molecule has 0 atom stereocenters. The molecule has 1 saturated heterocycles. The molecule has 1 aromatic heterocycles. The molecule has 4 heteroatoms. The van der Waals surface area contributed by atoms with Crippen molar-refractivity contribution in [2.24, 2.45) is 5.41 Å². The first-order chi connectivity index (χ1) is 9.63. The molecule has 0 aromatic carbocycles. The number of nitrogens with zero attached hydrogens (tertiary/aromatic N) is 3. The van der Waals surface area contributed by atoms with E-state index in [0.29, 0.717) is 12.0 Å². The van der Waals surface area contributed by atoms with Crippen LogP contribution in [0.4, 0.5) is 0 Å². The molecule has 112 valence electrons. The van der Waals surface area contributed by atoms with Crippen LogP contribution in [-0.2, 0) is 13.1 Å². The van der Waals surface area contributed by atoms with Crippen molar-refractivity contribution in [2.45, 2.75) is 59.0 Å². The van der Waals surface area contributed by atoms with Gasteiger partial charge in [0.2, 0.25) is 0 Å². The Bertz CT molecular complexity index is 474. The highest BCUT2D eigenvalue weighted by molar-refractivity contribution is 5.24. The van der Waals surface area contributed by atoms with Gasteiger partial charge < -0.3 is 5.11 Å². The Morgan fingerprint density at radius 1 is 1.20 bits per heavy atom. The van der Waals surface area contributed by atoms with Crippen LogP contribution in [0.15, 0.2) is 0 Å². The van der Waals surface area contributed by atoms with Crippen molar-refractivity contribution in [1.82, 2.24) is 14.7 Å². The first kappa shape index (κ1) is 14.1. The minimum atomic E-state index is 0.161. The summed E-state index contributed by atoms with van der Waals surface area (Å²) in [5.41, 5.74) is 4.36. The van der Waals surface area contributed by atoms with Gasteiger partial charge in [-0.1, -0.05) is 12.8 Å². The first-order valence-electron chi connectivity index (χ1n) is 8.00. The van der Waals surface area contributed by atoms with Crippen molar-refractivity contribution in [2.75, 3.05) is 19.7 Å². The van der Waals surface area contributed by atoms with Crippen molar-refractivity contribution in [3.05, 3.63) is 17.0 Å². The maximum absolute atomic E-state index is 9.10. The van der Waals surface area contributed by atoms with Crippen LogP contribution in [0, 0.1) is 19.3 Å². The van der Waals surface area contributed by atoms with Crippen molar-refractivity contribution < 1.29 is 5.11 Å². The second-order valence-corrected chi connectivity index (χ2v) is 6.76. The van der Waals surface area contributed by atoms with Crippen LogP contribution >= 0.6 is 0 Å². The van der Waals surface area contributed by atoms with Crippen LogP contribution in [0.25, 0.3) is 0 Å². The zero-order valence-electron chi connectivity index (χ0n) is 12.9. The number of hydrogen-bond donors (Lipinski definition) is 1. The van der Waals surface area contributed by atoms with Crippen LogP contribution in [0.1, 0.15) is 49.1 Å². The fourth-order valence-corrected chi connectivity index (χ4v) is 4.19. The average molecular weight is 277 g/mol. The van der Waals surface area contributed by atoms with Crippen molar-refractivity contribution in [3.8, 4) is 0 Å². The average Bonchev–Trinajstić information content (AvgIpc) is 3.10. The van der Waals surface area contributed by atoms with E-state index in [1.165, 1.54) is 56.5 Å². The minimum absolute atomic E-state index is 0.161. The van der Waals surface area contributed by atoms with E-state index >= 15 is 0 Å². The van der Waals surface area contributed by atoms with E-state index < -0.39 is 0 Å². The maximum Gasteiger partial charge on any atom is 0.0644 e. The molecule has 1 N–H and O–H groups in total. The summed E-state index contributed by atoms with van der Waals surface area (Å²) in [6.45, 7) is 8.54. The lowest BCUT2D eigenvalue weighted by molar-refractivity contribution is 0.255. The van der Waals surface area contributed by atoms with Gasteiger partial charge >= 0.3 is 0 Å². The third kappa shape index (κ3) is 2.51. The Labute approximate surface area is 121 Å².